The van der Waals surface area contributed by atoms with Crippen LogP contribution in [0.1, 0.15) is 18.5 Å². The molecule has 0 aliphatic heterocycles. The summed E-state index contributed by atoms with van der Waals surface area (Å²) in [6, 6.07) is 7.77. The van der Waals surface area contributed by atoms with Crippen molar-refractivity contribution in [3.8, 4) is 0 Å². The van der Waals surface area contributed by atoms with Crippen molar-refractivity contribution < 1.29 is 14.7 Å². The van der Waals surface area contributed by atoms with E-state index in [2.05, 4.69) is 0 Å². The van der Waals surface area contributed by atoms with Crippen molar-refractivity contribution in [2.24, 2.45) is 5.84 Å². The number of hydrogen-bond donors (Lipinski definition) is 3. The lowest BCUT2D eigenvalue weighted by atomic mass is 10.1. The fourth-order valence-electron chi connectivity index (χ4n) is 1.27. The van der Waals surface area contributed by atoms with Gasteiger partial charge in [0.05, 0.1) is 0 Å². The molecule has 2 atom stereocenters. The Balaban J connectivity index is 3.02. The zero-order valence-electron chi connectivity index (χ0n) is 8.25. The Bertz CT molecular complexity index is 344. The van der Waals surface area contributed by atoms with E-state index < -0.39 is 16.9 Å². The molecule has 6 nitrogen and oxygen atoms in total. The second-order valence-electron chi connectivity index (χ2n) is 3.16. The third-order valence-electron chi connectivity index (χ3n) is 2.30. The summed E-state index contributed by atoms with van der Waals surface area (Å²) in [7, 11) is 0. The molecule has 6 heteroatoms. The van der Waals surface area contributed by atoms with Gasteiger partial charge < -0.3 is 10.3 Å². The highest BCUT2D eigenvalue weighted by molar-refractivity contribution is 5.57. The molecule has 2 unspecified atom stereocenters. The van der Waals surface area contributed by atoms with E-state index in [9.17, 15) is 10.0 Å². The van der Waals surface area contributed by atoms with Gasteiger partial charge in [0.15, 0.2) is 0 Å². The minimum atomic E-state index is -1.70. The van der Waals surface area contributed by atoms with Crippen molar-refractivity contribution in [2.45, 2.75) is 13.0 Å². The van der Waals surface area contributed by atoms with Crippen molar-refractivity contribution in [1.29, 1.82) is 0 Å². The molecule has 0 saturated heterocycles. The van der Waals surface area contributed by atoms with E-state index in [4.69, 9.17) is 10.9 Å². The highest BCUT2D eigenvalue weighted by Gasteiger charge is 2.34. The summed E-state index contributed by atoms with van der Waals surface area (Å²) in [6.07, 6.45) is -1.58. The van der Waals surface area contributed by atoms with Crippen molar-refractivity contribution in [3.05, 3.63) is 41.1 Å². The van der Waals surface area contributed by atoms with Gasteiger partial charge in [-0.15, -0.1) is 0 Å². The standard InChI is InChI=1S/C9H13N3O3/c1-7(8-5-3-2-4-6-8)12(15,11-10)9(13)14/h2-7,11H,10H2,1H3,(H,13,14). The number of hydroxylamine groups is 2. The van der Waals surface area contributed by atoms with Crippen molar-refractivity contribution in [2.75, 3.05) is 0 Å². The summed E-state index contributed by atoms with van der Waals surface area (Å²) in [5, 5.41) is 20.6. The maximum atomic E-state index is 11.8. The van der Waals surface area contributed by atoms with Gasteiger partial charge >= 0.3 is 6.09 Å². The van der Waals surface area contributed by atoms with Crippen LogP contribution in [0.3, 0.4) is 0 Å². The summed E-state index contributed by atoms with van der Waals surface area (Å²) < 4.78 is -1.70. The lowest BCUT2D eigenvalue weighted by Gasteiger charge is -2.38. The first-order valence-electron chi connectivity index (χ1n) is 4.38. The Labute approximate surface area is 87.0 Å². The smallest absolute Gasteiger partial charge is 0.535 e. The first-order chi connectivity index (χ1) is 7.02. The zero-order valence-corrected chi connectivity index (χ0v) is 8.25. The van der Waals surface area contributed by atoms with Gasteiger partial charge in [0, 0.05) is 5.56 Å². The summed E-state index contributed by atoms with van der Waals surface area (Å²) in [6.45, 7) is 1.50. The second kappa shape index (κ2) is 4.37. The highest BCUT2D eigenvalue weighted by Crippen LogP contribution is 2.24. The molecule has 0 aromatic heterocycles. The molecule has 1 amide bonds. The summed E-state index contributed by atoms with van der Waals surface area (Å²) in [5.41, 5.74) is 2.36. The van der Waals surface area contributed by atoms with E-state index in [1.165, 1.54) is 6.92 Å². The monoisotopic (exact) mass is 211 g/mol. The Hall–Kier alpha value is -1.47. The fourth-order valence-corrected chi connectivity index (χ4v) is 1.27. The second-order valence-corrected chi connectivity index (χ2v) is 3.16. The van der Waals surface area contributed by atoms with Crippen LogP contribution in [0.25, 0.3) is 0 Å². The Morgan fingerprint density at radius 2 is 2.07 bits per heavy atom. The minimum absolute atomic E-state index is 0.604. The van der Waals surface area contributed by atoms with Gasteiger partial charge in [-0.1, -0.05) is 35.9 Å². The average Bonchev–Trinajstić information content (AvgIpc) is 2.28. The van der Waals surface area contributed by atoms with E-state index in [0.29, 0.717) is 5.56 Å². The number of carbonyl (C=O) groups is 1. The number of rotatable bonds is 3. The zero-order chi connectivity index (χ0) is 11.5. The third kappa shape index (κ3) is 2.13. The van der Waals surface area contributed by atoms with Gasteiger partial charge in [0.25, 0.3) is 0 Å². The van der Waals surface area contributed by atoms with Crippen molar-refractivity contribution >= 4 is 6.09 Å². The molecule has 0 aliphatic rings. The molecule has 1 aromatic rings. The Morgan fingerprint density at radius 1 is 1.53 bits per heavy atom. The van der Waals surface area contributed by atoms with Gasteiger partial charge in [-0.25, -0.2) is 5.84 Å². The predicted molar refractivity (Wildman–Crippen MR) is 53.8 cm³/mol. The number of hydrazine groups is 1. The van der Waals surface area contributed by atoms with Crippen molar-refractivity contribution in [3.63, 3.8) is 0 Å². The van der Waals surface area contributed by atoms with Crippen LogP contribution in [0, 0.1) is 5.21 Å². The number of benzene rings is 1. The molecule has 4 N–H and O–H groups in total. The molecule has 0 aliphatic carbocycles. The molecule has 1 rings (SSSR count). The van der Waals surface area contributed by atoms with Crippen LogP contribution in [-0.2, 0) is 0 Å². The first-order valence-corrected chi connectivity index (χ1v) is 4.38. The SMILES string of the molecule is CC(c1ccccc1)[N+]([O-])(NN)C(=O)O. The number of hydrogen-bond acceptors (Lipinski definition) is 4. The molecular weight excluding hydrogens is 198 g/mol. The van der Waals surface area contributed by atoms with Crippen molar-refractivity contribution in [1.82, 2.24) is 5.53 Å². The largest absolute Gasteiger partial charge is 0.600 e. The van der Waals surface area contributed by atoms with Crippen LogP contribution in [-0.4, -0.2) is 16.0 Å². The maximum absolute atomic E-state index is 11.8. The number of amides is 1. The predicted octanol–water partition coefficient (Wildman–Crippen LogP) is 1.12. The molecule has 82 valence electrons. The Kier molecular flexibility index (Phi) is 3.38. The van der Waals surface area contributed by atoms with E-state index in [-0.39, 0.29) is 0 Å². The quantitative estimate of drug-likeness (QED) is 0.395. The number of nitrogens with zero attached hydrogens (tertiary/aromatic N) is 1. The van der Waals surface area contributed by atoms with Crippen LogP contribution in [0.2, 0.25) is 0 Å². The number of carboxylic acid groups (broad SMARTS) is 1. The molecule has 0 saturated carbocycles. The Morgan fingerprint density at radius 3 is 2.47 bits per heavy atom. The molecule has 0 bridgehead atoms. The normalized spacial score (nSPS) is 16.7. The number of quaternary nitrogens is 1. The van der Waals surface area contributed by atoms with Gasteiger partial charge in [-0.2, -0.15) is 9.55 Å². The van der Waals surface area contributed by atoms with Crippen LogP contribution in [0.4, 0.5) is 4.79 Å². The van der Waals surface area contributed by atoms with E-state index in [1.54, 1.807) is 35.9 Å². The summed E-state index contributed by atoms with van der Waals surface area (Å²) >= 11 is 0. The van der Waals surface area contributed by atoms with E-state index >= 15 is 0 Å². The molecule has 15 heavy (non-hydrogen) atoms. The van der Waals surface area contributed by atoms with Gasteiger partial charge in [-0.3, -0.25) is 0 Å². The molecule has 0 heterocycles. The summed E-state index contributed by atoms with van der Waals surface area (Å²) in [4.78, 5) is 10.8. The fraction of sp³-hybridized carbons (Fsp3) is 0.222. The van der Waals surface area contributed by atoms with Crippen LogP contribution in [0.5, 0.6) is 0 Å². The maximum Gasteiger partial charge on any atom is 0.535 e. The van der Waals surface area contributed by atoms with Crippen LogP contribution >= 0.6 is 0 Å². The number of nitrogens with two attached hydrogens (primary N) is 1. The number of nitrogens with one attached hydrogen (secondary N) is 1. The topological polar surface area (TPSA) is 98.4 Å². The van der Waals surface area contributed by atoms with Gasteiger partial charge in [-0.05, 0) is 6.92 Å². The van der Waals surface area contributed by atoms with Crippen LogP contribution < -0.4 is 11.4 Å². The third-order valence-corrected chi connectivity index (χ3v) is 2.30. The first kappa shape index (κ1) is 11.6. The average molecular weight is 211 g/mol. The molecule has 0 radical (unpaired) electrons. The van der Waals surface area contributed by atoms with Gasteiger partial charge in [0.1, 0.15) is 6.04 Å². The molecule has 0 fully saturated rings. The van der Waals surface area contributed by atoms with E-state index in [0.717, 1.165) is 0 Å². The van der Waals surface area contributed by atoms with E-state index in [1.807, 2.05) is 0 Å². The van der Waals surface area contributed by atoms with Crippen LogP contribution in [0.15, 0.2) is 30.3 Å². The molecular formula is C9H13N3O3. The highest BCUT2D eigenvalue weighted by atomic mass is 16.7. The molecule has 0 spiro atoms. The minimum Gasteiger partial charge on any atom is -0.600 e. The lowest BCUT2D eigenvalue weighted by molar-refractivity contribution is -0.884. The summed E-state index contributed by atoms with van der Waals surface area (Å²) in [5.74, 6) is 4.98. The lowest BCUT2D eigenvalue weighted by Crippen LogP contribution is -2.61. The molecule has 1 aromatic carbocycles. The van der Waals surface area contributed by atoms with Gasteiger partial charge in [0.2, 0.25) is 0 Å².